The molecule has 0 radical (unpaired) electrons. The molecular weight excluding hydrogens is 565 g/mol. The topological polar surface area (TPSA) is 105 Å². The van der Waals surface area contributed by atoms with Crippen molar-refractivity contribution in [3.8, 4) is 11.5 Å². The van der Waals surface area contributed by atoms with Crippen LogP contribution in [0.2, 0.25) is 10.0 Å². The highest BCUT2D eigenvalue weighted by molar-refractivity contribution is 7.92. The van der Waals surface area contributed by atoms with Gasteiger partial charge in [0.1, 0.15) is 24.1 Å². The van der Waals surface area contributed by atoms with Crippen molar-refractivity contribution in [2.75, 3.05) is 31.3 Å². The van der Waals surface area contributed by atoms with Crippen molar-refractivity contribution < 1.29 is 27.5 Å². The molecule has 0 unspecified atom stereocenters. The number of sulfonamides is 1. The maximum absolute atomic E-state index is 13.9. The lowest BCUT2D eigenvalue weighted by atomic mass is 9.95. The maximum atomic E-state index is 13.9. The number of rotatable bonds is 11. The third-order valence-electron chi connectivity index (χ3n) is 6.84. The molecule has 0 spiro atoms. The molecule has 1 N–H and O–H groups in total. The first-order chi connectivity index (χ1) is 18.5. The molecule has 2 amide bonds. The summed E-state index contributed by atoms with van der Waals surface area (Å²) in [4.78, 5) is 28.5. The summed E-state index contributed by atoms with van der Waals surface area (Å²) in [5.74, 6) is -0.333. The van der Waals surface area contributed by atoms with Gasteiger partial charge in [-0.2, -0.15) is 0 Å². The molecule has 2 aromatic carbocycles. The van der Waals surface area contributed by atoms with Crippen molar-refractivity contribution in [1.82, 2.24) is 10.2 Å². The average molecular weight is 601 g/mol. The molecule has 39 heavy (non-hydrogen) atoms. The number of hydrogen-bond donors (Lipinski definition) is 1. The van der Waals surface area contributed by atoms with E-state index in [9.17, 15) is 18.0 Å². The number of carbonyl (C=O) groups is 2. The number of anilines is 1. The highest BCUT2D eigenvalue weighted by atomic mass is 35.5. The molecule has 1 aliphatic rings. The molecule has 2 aromatic rings. The van der Waals surface area contributed by atoms with E-state index in [4.69, 9.17) is 32.7 Å². The van der Waals surface area contributed by atoms with Gasteiger partial charge >= 0.3 is 0 Å². The second kappa shape index (κ2) is 13.6. The Bertz CT molecular complexity index is 1260. The normalized spacial score (nSPS) is 14.8. The molecule has 1 fully saturated rings. The minimum atomic E-state index is -3.96. The third kappa shape index (κ3) is 7.93. The van der Waals surface area contributed by atoms with E-state index in [1.54, 1.807) is 37.3 Å². The van der Waals surface area contributed by atoms with E-state index >= 15 is 0 Å². The minimum Gasteiger partial charge on any atom is -0.497 e. The lowest BCUT2D eigenvalue weighted by Gasteiger charge is -2.33. The van der Waals surface area contributed by atoms with Gasteiger partial charge in [0.25, 0.3) is 0 Å². The highest BCUT2D eigenvalue weighted by Gasteiger charge is 2.33. The number of nitrogens with one attached hydrogen (secondary N) is 1. The second-order valence-electron chi connectivity index (χ2n) is 9.55. The number of carbonyl (C=O) groups excluding carboxylic acids is 2. The zero-order chi connectivity index (χ0) is 28.7. The van der Waals surface area contributed by atoms with Gasteiger partial charge in [-0.3, -0.25) is 13.9 Å². The standard InChI is InChI=1S/C27H35Cl2N3O6S/c1-18(27(34)30-19-9-6-5-7-10-19)31(16-21-22(28)11-8-12-23(21)29)26(33)17-32(39(4,35)36)24-15-20(37-2)13-14-25(24)38-3/h8,11-15,18-19H,5-7,9-10,16-17H2,1-4H3,(H,30,34)/t18-/m0/s1. The van der Waals surface area contributed by atoms with Crippen LogP contribution in [0.3, 0.4) is 0 Å². The molecule has 0 aliphatic heterocycles. The Morgan fingerprint density at radius 2 is 1.69 bits per heavy atom. The number of ether oxygens (including phenoxy) is 2. The van der Waals surface area contributed by atoms with Crippen LogP contribution in [0.4, 0.5) is 5.69 Å². The Labute approximate surface area is 240 Å². The fraction of sp³-hybridized carbons (Fsp3) is 0.481. The van der Waals surface area contributed by atoms with Crippen LogP contribution < -0.4 is 19.1 Å². The van der Waals surface area contributed by atoms with Crippen LogP contribution in [0, 0.1) is 0 Å². The van der Waals surface area contributed by atoms with E-state index in [-0.39, 0.29) is 29.9 Å². The summed E-state index contributed by atoms with van der Waals surface area (Å²) in [5.41, 5.74) is 0.583. The van der Waals surface area contributed by atoms with E-state index < -0.39 is 28.5 Å². The third-order valence-corrected chi connectivity index (χ3v) is 8.68. The summed E-state index contributed by atoms with van der Waals surface area (Å²) in [5, 5.41) is 3.71. The quantitative estimate of drug-likeness (QED) is 0.403. The second-order valence-corrected chi connectivity index (χ2v) is 12.3. The number of nitrogens with zero attached hydrogens (tertiary/aromatic N) is 2. The van der Waals surface area contributed by atoms with Gasteiger partial charge in [-0.25, -0.2) is 8.42 Å². The van der Waals surface area contributed by atoms with E-state index in [0.717, 1.165) is 42.7 Å². The van der Waals surface area contributed by atoms with Gasteiger partial charge in [-0.15, -0.1) is 0 Å². The Balaban J connectivity index is 1.98. The molecule has 9 nitrogen and oxygen atoms in total. The SMILES string of the molecule is COc1ccc(OC)c(N(CC(=O)N(Cc2c(Cl)cccc2Cl)[C@@H](C)C(=O)NC2CCCCC2)S(C)(=O)=O)c1. The largest absolute Gasteiger partial charge is 0.497 e. The molecule has 214 valence electrons. The van der Waals surface area contributed by atoms with Crippen molar-refractivity contribution in [3.63, 3.8) is 0 Å². The van der Waals surface area contributed by atoms with E-state index in [1.165, 1.54) is 25.2 Å². The number of methoxy groups -OCH3 is 2. The zero-order valence-electron chi connectivity index (χ0n) is 22.6. The summed E-state index contributed by atoms with van der Waals surface area (Å²) < 4.78 is 37.4. The van der Waals surface area contributed by atoms with E-state index in [0.29, 0.717) is 21.4 Å². The van der Waals surface area contributed by atoms with Crippen molar-refractivity contribution in [2.24, 2.45) is 0 Å². The summed E-state index contributed by atoms with van der Waals surface area (Å²) in [6, 6.07) is 8.71. The molecule has 0 aromatic heterocycles. The van der Waals surface area contributed by atoms with Crippen LogP contribution in [-0.2, 0) is 26.2 Å². The number of halogens is 2. The summed E-state index contributed by atoms with van der Waals surface area (Å²) in [6.45, 7) is 0.923. The molecule has 0 bridgehead atoms. The molecular formula is C27H35Cl2N3O6S. The van der Waals surface area contributed by atoms with Gasteiger partial charge in [0.05, 0.1) is 26.2 Å². The van der Waals surface area contributed by atoms with Crippen LogP contribution >= 0.6 is 23.2 Å². The van der Waals surface area contributed by atoms with Crippen LogP contribution in [0.1, 0.15) is 44.6 Å². The molecule has 1 aliphatic carbocycles. The molecule has 3 rings (SSSR count). The Morgan fingerprint density at radius 1 is 1.05 bits per heavy atom. The number of hydrogen-bond acceptors (Lipinski definition) is 6. The predicted octanol–water partition coefficient (Wildman–Crippen LogP) is 4.64. The predicted molar refractivity (Wildman–Crippen MR) is 153 cm³/mol. The first kappa shape index (κ1) is 30.8. The summed E-state index contributed by atoms with van der Waals surface area (Å²) >= 11 is 12.8. The first-order valence-electron chi connectivity index (χ1n) is 12.7. The van der Waals surface area contributed by atoms with Crippen LogP contribution in [0.15, 0.2) is 36.4 Å². The van der Waals surface area contributed by atoms with Gasteiger partial charge in [0.15, 0.2) is 0 Å². The Hall–Kier alpha value is -2.69. The van der Waals surface area contributed by atoms with Gasteiger partial charge in [0, 0.05) is 34.3 Å². The van der Waals surface area contributed by atoms with Crippen molar-refractivity contribution >= 4 is 50.7 Å². The van der Waals surface area contributed by atoms with E-state index in [2.05, 4.69) is 5.32 Å². The minimum absolute atomic E-state index is 0.0307. The van der Waals surface area contributed by atoms with Gasteiger partial charge in [0.2, 0.25) is 21.8 Å². The molecule has 1 saturated carbocycles. The molecule has 1 atom stereocenters. The van der Waals surface area contributed by atoms with Crippen molar-refractivity contribution in [3.05, 3.63) is 52.0 Å². The molecule has 12 heteroatoms. The van der Waals surface area contributed by atoms with Crippen LogP contribution in [-0.4, -0.2) is 64.2 Å². The Kier molecular flexibility index (Phi) is 10.7. The lowest BCUT2D eigenvalue weighted by molar-refractivity contribution is -0.139. The van der Waals surface area contributed by atoms with Crippen LogP contribution in [0.25, 0.3) is 0 Å². The Morgan fingerprint density at radius 3 is 2.26 bits per heavy atom. The maximum Gasteiger partial charge on any atom is 0.244 e. The van der Waals surface area contributed by atoms with Gasteiger partial charge in [-0.05, 0) is 44.0 Å². The average Bonchev–Trinajstić information content (AvgIpc) is 2.90. The molecule has 0 saturated heterocycles. The fourth-order valence-electron chi connectivity index (χ4n) is 4.59. The number of amides is 2. The van der Waals surface area contributed by atoms with E-state index in [1.807, 2.05) is 0 Å². The highest BCUT2D eigenvalue weighted by Crippen LogP contribution is 2.34. The lowest BCUT2D eigenvalue weighted by Crippen LogP contribution is -2.53. The first-order valence-corrected chi connectivity index (χ1v) is 15.3. The monoisotopic (exact) mass is 599 g/mol. The molecule has 0 heterocycles. The van der Waals surface area contributed by atoms with Crippen molar-refractivity contribution in [2.45, 2.75) is 57.7 Å². The van der Waals surface area contributed by atoms with Crippen molar-refractivity contribution in [1.29, 1.82) is 0 Å². The smallest absolute Gasteiger partial charge is 0.244 e. The van der Waals surface area contributed by atoms with Crippen LogP contribution in [0.5, 0.6) is 11.5 Å². The zero-order valence-corrected chi connectivity index (χ0v) is 24.9. The summed E-state index contributed by atoms with van der Waals surface area (Å²) in [7, 11) is -1.12. The number of benzene rings is 2. The van der Waals surface area contributed by atoms with Gasteiger partial charge in [-0.1, -0.05) is 48.5 Å². The summed E-state index contributed by atoms with van der Waals surface area (Å²) in [6.07, 6.45) is 5.94. The fourth-order valence-corrected chi connectivity index (χ4v) is 5.95. The van der Waals surface area contributed by atoms with Gasteiger partial charge < -0.3 is 19.7 Å².